The number of aromatic nitrogens is 1. The van der Waals surface area contributed by atoms with E-state index in [2.05, 4.69) is 73.4 Å². The van der Waals surface area contributed by atoms with Crippen LogP contribution in [-0.2, 0) is 0 Å². The number of hydrogen-bond donors (Lipinski definition) is 1. The van der Waals surface area contributed by atoms with Gasteiger partial charge < -0.3 is 4.98 Å². The van der Waals surface area contributed by atoms with Crippen molar-refractivity contribution >= 4 is 22.4 Å². The van der Waals surface area contributed by atoms with Crippen LogP contribution in [0.25, 0.3) is 33.2 Å². The van der Waals surface area contributed by atoms with Gasteiger partial charge in [-0.1, -0.05) is 60.1 Å². The van der Waals surface area contributed by atoms with Crippen molar-refractivity contribution in [3.05, 3.63) is 83.0 Å². The second-order valence-corrected chi connectivity index (χ2v) is 6.63. The molecule has 0 saturated carbocycles. The minimum atomic E-state index is 0.763. The van der Waals surface area contributed by atoms with Crippen LogP contribution in [0.1, 0.15) is 11.3 Å². The van der Waals surface area contributed by atoms with E-state index in [4.69, 9.17) is 11.6 Å². The zero-order valence-electron chi connectivity index (χ0n) is 13.7. The Morgan fingerprint density at radius 3 is 2.17 bits per heavy atom. The molecule has 4 rings (SSSR count). The number of nitrogens with one attached hydrogen (secondary N) is 1. The summed E-state index contributed by atoms with van der Waals surface area (Å²) in [5.74, 6) is 0. The Balaban J connectivity index is 1.86. The van der Waals surface area contributed by atoms with Crippen molar-refractivity contribution in [1.82, 2.24) is 4.98 Å². The molecule has 1 N–H and O–H groups in total. The van der Waals surface area contributed by atoms with E-state index in [-0.39, 0.29) is 0 Å². The van der Waals surface area contributed by atoms with E-state index in [1.165, 1.54) is 44.4 Å². The fourth-order valence-electron chi connectivity index (χ4n) is 3.43. The molecule has 0 aliphatic carbocycles. The number of hydrogen-bond acceptors (Lipinski definition) is 0. The van der Waals surface area contributed by atoms with Gasteiger partial charge in [-0.05, 0) is 59.5 Å². The summed E-state index contributed by atoms with van der Waals surface area (Å²) < 4.78 is 0. The Morgan fingerprint density at radius 2 is 1.42 bits per heavy atom. The molecule has 0 amide bonds. The maximum Gasteiger partial charge on any atom is 0.0492 e. The lowest BCUT2D eigenvalue weighted by Crippen LogP contribution is -1.83. The minimum absolute atomic E-state index is 0.763. The summed E-state index contributed by atoms with van der Waals surface area (Å²) in [4.78, 5) is 3.57. The van der Waals surface area contributed by atoms with Crippen LogP contribution in [0, 0.1) is 13.8 Å². The highest BCUT2D eigenvalue weighted by Gasteiger charge is 2.14. The summed E-state index contributed by atoms with van der Waals surface area (Å²) in [6.07, 6.45) is 0. The lowest BCUT2D eigenvalue weighted by Gasteiger charge is -2.05. The van der Waals surface area contributed by atoms with E-state index < -0.39 is 0 Å². The number of aryl methyl sites for hydroxylation is 1. The third-order valence-electron chi connectivity index (χ3n) is 4.61. The predicted molar refractivity (Wildman–Crippen MR) is 104 cm³/mol. The molecule has 0 spiro atoms. The maximum atomic E-state index is 6.03. The molecule has 0 saturated heterocycles. The molecular formula is C22H18ClN. The predicted octanol–water partition coefficient (Wildman–Crippen LogP) is 6.77. The van der Waals surface area contributed by atoms with E-state index in [0.29, 0.717) is 0 Å². The van der Waals surface area contributed by atoms with Crippen LogP contribution in [0.5, 0.6) is 0 Å². The molecule has 0 aliphatic heterocycles. The number of rotatable bonds is 2. The van der Waals surface area contributed by atoms with Gasteiger partial charge >= 0.3 is 0 Å². The molecule has 1 nitrogen and oxygen atoms in total. The maximum absolute atomic E-state index is 6.03. The van der Waals surface area contributed by atoms with Crippen LogP contribution in [0.3, 0.4) is 0 Å². The first kappa shape index (κ1) is 15.0. The largest absolute Gasteiger partial charge is 0.358 e. The average molecular weight is 332 g/mol. The standard InChI is InChI=1S/C22H18ClN/c1-14-21(17-9-11-20(23)12-10-17)15(2)24-22(14)19-8-7-16-5-3-4-6-18(16)13-19/h3-13,24H,1-2H3. The van der Waals surface area contributed by atoms with Gasteiger partial charge in [0.15, 0.2) is 0 Å². The first-order valence-corrected chi connectivity index (χ1v) is 8.45. The first-order valence-electron chi connectivity index (χ1n) is 8.08. The van der Waals surface area contributed by atoms with Gasteiger partial charge in [-0.2, -0.15) is 0 Å². The van der Waals surface area contributed by atoms with Crippen molar-refractivity contribution in [2.24, 2.45) is 0 Å². The number of H-pyrrole nitrogens is 1. The summed E-state index contributed by atoms with van der Waals surface area (Å²) in [5.41, 5.74) is 7.30. The van der Waals surface area contributed by atoms with Crippen LogP contribution in [0.2, 0.25) is 5.02 Å². The van der Waals surface area contributed by atoms with E-state index in [1.807, 2.05) is 12.1 Å². The molecule has 1 heterocycles. The number of halogens is 1. The summed E-state index contributed by atoms with van der Waals surface area (Å²) in [7, 11) is 0. The van der Waals surface area contributed by atoms with E-state index >= 15 is 0 Å². The highest BCUT2D eigenvalue weighted by molar-refractivity contribution is 6.30. The van der Waals surface area contributed by atoms with Gasteiger partial charge in [-0.25, -0.2) is 0 Å². The lowest BCUT2D eigenvalue weighted by molar-refractivity contribution is 1.27. The number of aromatic amines is 1. The monoisotopic (exact) mass is 331 g/mol. The molecule has 118 valence electrons. The molecule has 0 fully saturated rings. The minimum Gasteiger partial charge on any atom is -0.358 e. The third-order valence-corrected chi connectivity index (χ3v) is 4.86. The Labute approximate surface area is 146 Å². The zero-order chi connectivity index (χ0) is 16.7. The van der Waals surface area contributed by atoms with E-state index in [9.17, 15) is 0 Å². The topological polar surface area (TPSA) is 15.8 Å². The van der Waals surface area contributed by atoms with Crippen molar-refractivity contribution < 1.29 is 0 Å². The number of fused-ring (bicyclic) bond motifs is 1. The highest BCUT2D eigenvalue weighted by atomic mass is 35.5. The van der Waals surface area contributed by atoms with Gasteiger partial charge in [0.25, 0.3) is 0 Å². The fourth-order valence-corrected chi connectivity index (χ4v) is 3.56. The molecule has 24 heavy (non-hydrogen) atoms. The second-order valence-electron chi connectivity index (χ2n) is 6.19. The second kappa shape index (κ2) is 5.85. The zero-order valence-corrected chi connectivity index (χ0v) is 14.5. The van der Waals surface area contributed by atoms with Crippen LogP contribution >= 0.6 is 11.6 Å². The van der Waals surface area contributed by atoms with Crippen molar-refractivity contribution in [1.29, 1.82) is 0 Å². The smallest absolute Gasteiger partial charge is 0.0492 e. The molecular weight excluding hydrogens is 314 g/mol. The van der Waals surface area contributed by atoms with E-state index in [1.54, 1.807) is 0 Å². The average Bonchev–Trinajstić information content (AvgIpc) is 2.90. The van der Waals surface area contributed by atoms with Crippen LogP contribution < -0.4 is 0 Å². The SMILES string of the molecule is Cc1[nH]c(-c2ccc3ccccc3c2)c(C)c1-c1ccc(Cl)cc1. The molecule has 4 aromatic rings. The highest BCUT2D eigenvalue weighted by Crippen LogP contribution is 2.35. The van der Waals surface area contributed by atoms with Crippen LogP contribution in [0.15, 0.2) is 66.7 Å². The molecule has 0 radical (unpaired) electrons. The van der Waals surface area contributed by atoms with Gasteiger partial charge in [-0.3, -0.25) is 0 Å². The van der Waals surface area contributed by atoms with Gasteiger partial charge in [0.05, 0.1) is 0 Å². The van der Waals surface area contributed by atoms with Gasteiger partial charge in [0.1, 0.15) is 0 Å². The van der Waals surface area contributed by atoms with E-state index in [0.717, 1.165) is 5.02 Å². The van der Waals surface area contributed by atoms with Crippen LogP contribution in [0.4, 0.5) is 0 Å². The quantitative estimate of drug-likeness (QED) is 0.417. The fraction of sp³-hybridized carbons (Fsp3) is 0.0909. The Kier molecular flexibility index (Phi) is 3.66. The molecule has 1 aromatic heterocycles. The van der Waals surface area contributed by atoms with Crippen molar-refractivity contribution in [3.8, 4) is 22.4 Å². The van der Waals surface area contributed by atoms with Gasteiger partial charge in [0.2, 0.25) is 0 Å². The molecule has 0 atom stereocenters. The summed E-state index contributed by atoms with van der Waals surface area (Å²) in [6, 6.07) is 23.1. The Morgan fingerprint density at radius 1 is 0.750 bits per heavy atom. The molecule has 0 aliphatic rings. The lowest BCUT2D eigenvalue weighted by atomic mass is 9.98. The summed E-state index contributed by atoms with van der Waals surface area (Å²) >= 11 is 6.03. The van der Waals surface area contributed by atoms with Crippen molar-refractivity contribution in [2.75, 3.05) is 0 Å². The molecule has 3 aromatic carbocycles. The van der Waals surface area contributed by atoms with Crippen molar-refractivity contribution in [3.63, 3.8) is 0 Å². The third kappa shape index (κ3) is 2.51. The molecule has 0 unspecified atom stereocenters. The summed E-state index contributed by atoms with van der Waals surface area (Å²) in [5, 5.41) is 3.29. The molecule has 0 bridgehead atoms. The van der Waals surface area contributed by atoms with Crippen LogP contribution in [-0.4, -0.2) is 4.98 Å². The number of benzene rings is 3. The normalized spacial score (nSPS) is 11.1. The molecule has 2 heteroatoms. The Bertz CT molecular complexity index is 1030. The van der Waals surface area contributed by atoms with Gasteiger partial charge in [-0.15, -0.1) is 0 Å². The first-order chi connectivity index (χ1) is 11.6. The van der Waals surface area contributed by atoms with Crippen molar-refractivity contribution in [2.45, 2.75) is 13.8 Å². The Hall–Kier alpha value is -2.51. The summed E-state index contributed by atoms with van der Waals surface area (Å²) in [6.45, 7) is 4.31. The van der Waals surface area contributed by atoms with Gasteiger partial charge in [0, 0.05) is 22.0 Å².